The predicted molar refractivity (Wildman–Crippen MR) is 120 cm³/mol. The molecule has 0 unspecified atom stereocenters. The summed E-state index contributed by atoms with van der Waals surface area (Å²) in [7, 11) is 1.61. The third-order valence-corrected chi connectivity index (χ3v) is 7.58. The van der Waals surface area contributed by atoms with E-state index < -0.39 is 0 Å². The Balaban J connectivity index is 1.40. The monoisotopic (exact) mass is 445 g/mol. The summed E-state index contributed by atoms with van der Waals surface area (Å²) in [4.78, 5) is 29.4. The maximum Gasteiger partial charge on any atom is 0.321 e. The Labute approximate surface area is 185 Å². The summed E-state index contributed by atoms with van der Waals surface area (Å²) in [6.07, 6.45) is 1.48. The van der Waals surface area contributed by atoms with Crippen molar-refractivity contribution >= 4 is 41.0 Å². The highest BCUT2D eigenvalue weighted by molar-refractivity contribution is 8.00. The second kappa shape index (κ2) is 8.78. The van der Waals surface area contributed by atoms with Gasteiger partial charge in [-0.25, -0.2) is 4.79 Å². The molecule has 6 nitrogen and oxygen atoms in total. The van der Waals surface area contributed by atoms with Crippen molar-refractivity contribution in [1.29, 1.82) is 0 Å². The van der Waals surface area contributed by atoms with Gasteiger partial charge in [-0.3, -0.25) is 4.79 Å². The maximum atomic E-state index is 13.2. The van der Waals surface area contributed by atoms with Gasteiger partial charge in [0.2, 0.25) is 0 Å². The molecule has 2 aliphatic heterocycles. The molecular weight excluding hydrogens is 422 g/mol. The molecule has 2 aromatic carbocycles. The van der Waals surface area contributed by atoms with Gasteiger partial charge in [0.15, 0.2) is 0 Å². The zero-order chi connectivity index (χ0) is 21.1. The Bertz CT molecular complexity index is 929. The molecule has 2 aromatic rings. The summed E-state index contributed by atoms with van der Waals surface area (Å²) in [5.74, 6) is 1.62. The van der Waals surface area contributed by atoms with Crippen molar-refractivity contribution < 1.29 is 14.3 Å². The highest BCUT2D eigenvalue weighted by Gasteiger charge is 2.47. The van der Waals surface area contributed by atoms with Crippen LogP contribution in [0.1, 0.15) is 23.2 Å². The number of thioether (sulfide) groups is 1. The fourth-order valence-electron chi connectivity index (χ4n) is 4.03. The van der Waals surface area contributed by atoms with E-state index in [0.717, 1.165) is 30.0 Å². The van der Waals surface area contributed by atoms with Crippen LogP contribution in [0.4, 0.5) is 10.5 Å². The largest absolute Gasteiger partial charge is 0.497 e. The number of rotatable bonds is 3. The molecule has 0 atom stereocenters. The van der Waals surface area contributed by atoms with Crippen LogP contribution in [0.25, 0.3) is 0 Å². The van der Waals surface area contributed by atoms with Gasteiger partial charge in [-0.2, -0.15) is 0 Å². The van der Waals surface area contributed by atoms with E-state index in [2.05, 4.69) is 5.32 Å². The molecule has 1 N–H and O–H groups in total. The number of carbonyl (C=O) groups excluding carboxylic acids is 2. The van der Waals surface area contributed by atoms with Gasteiger partial charge >= 0.3 is 6.03 Å². The Morgan fingerprint density at radius 2 is 1.77 bits per heavy atom. The average Bonchev–Trinajstić information content (AvgIpc) is 3.17. The van der Waals surface area contributed by atoms with Gasteiger partial charge in [-0.15, -0.1) is 11.8 Å². The molecule has 158 valence electrons. The minimum atomic E-state index is -0.271. The van der Waals surface area contributed by atoms with Crippen molar-refractivity contribution in [2.45, 2.75) is 17.7 Å². The molecule has 3 amide bonds. The van der Waals surface area contributed by atoms with E-state index in [0.29, 0.717) is 30.2 Å². The molecule has 1 spiro atoms. The molecule has 0 radical (unpaired) electrons. The fourth-order valence-corrected chi connectivity index (χ4v) is 5.70. The van der Waals surface area contributed by atoms with E-state index in [4.69, 9.17) is 16.3 Å². The molecule has 30 heavy (non-hydrogen) atoms. The van der Waals surface area contributed by atoms with Crippen LogP contribution < -0.4 is 10.1 Å². The number of halogens is 1. The van der Waals surface area contributed by atoms with E-state index in [1.54, 1.807) is 19.2 Å². The molecule has 2 fully saturated rings. The third kappa shape index (κ3) is 4.09. The highest BCUT2D eigenvalue weighted by Crippen LogP contribution is 2.45. The van der Waals surface area contributed by atoms with Crippen molar-refractivity contribution in [3.05, 3.63) is 59.1 Å². The summed E-state index contributed by atoms with van der Waals surface area (Å²) in [6, 6.07) is 14.3. The molecule has 2 aliphatic rings. The number of carbonyl (C=O) groups is 2. The summed E-state index contributed by atoms with van der Waals surface area (Å²) < 4.78 is 5.15. The van der Waals surface area contributed by atoms with Gasteiger partial charge in [-0.1, -0.05) is 23.7 Å². The van der Waals surface area contributed by atoms with Gasteiger partial charge in [0.1, 0.15) is 5.75 Å². The van der Waals surface area contributed by atoms with Gasteiger partial charge < -0.3 is 19.9 Å². The minimum Gasteiger partial charge on any atom is -0.497 e. The van der Waals surface area contributed by atoms with Crippen LogP contribution >= 0.6 is 23.4 Å². The van der Waals surface area contributed by atoms with Crippen LogP contribution in [-0.2, 0) is 0 Å². The number of urea groups is 1. The number of methoxy groups -OCH3 is 1. The van der Waals surface area contributed by atoms with Crippen LogP contribution in [0.2, 0.25) is 5.02 Å². The number of piperidine rings is 1. The molecule has 2 heterocycles. The number of hydrogen-bond donors (Lipinski definition) is 1. The minimum absolute atomic E-state index is 0.0262. The number of nitrogens with one attached hydrogen (secondary N) is 1. The Hall–Kier alpha value is -2.38. The second-order valence-corrected chi connectivity index (χ2v) is 9.24. The topological polar surface area (TPSA) is 61.9 Å². The van der Waals surface area contributed by atoms with Crippen LogP contribution in [0, 0.1) is 0 Å². The molecule has 0 saturated carbocycles. The number of ether oxygens (including phenoxy) is 1. The summed E-state index contributed by atoms with van der Waals surface area (Å²) in [5.41, 5.74) is 1.27. The Kier molecular flexibility index (Phi) is 6.11. The lowest BCUT2D eigenvalue weighted by atomic mass is 10.0. The smallest absolute Gasteiger partial charge is 0.321 e. The first-order valence-corrected chi connectivity index (χ1v) is 11.3. The molecule has 0 aliphatic carbocycles. The van der Waals surface area contributed by atoms with Crippen molar-refractivity contribution in [1.82, 2.24) is 9.80 Å². The van der Waals surface area contributed by atoms with E-state index in [-0.39, 0.29) is 16.8 Å². The van der Waals surface area contributed by atoms with Crippen molar-refractivity contribution in [2.75, 3.05) is 37.8 Å². The van der Waals surface area contributed by atoms with Gasteiger partial charge in [0.05, 0.1) is 22.6 Å². The van der Waals surface area contributed by atoms with Crippen molar-refractivity contribution in [2.24, 2.45) is 0 Å². The molecule has 0 aromatic heterocycles. The highest BCUT2D eigenvalue weighted by atomic mass is 35.5. The lowest BCUT2D eigenvalue weighted by Gasteiger charge is -2.44. The van der Waals surface area contributed by atoms with Crippen LogP contribution in [0.3, 0.4) is 0 Å². The zero-order valence-corrected chi connectivity index (χ0v) is 18.3. The van der Waals surface area contributed by atoms with E-state index in [1.165, 1.54) is 0 Å². The number of nitrogens with zero attached hydrogens (tertiary/aromatic N) is 2. The quantitative estimate of drug-likeness (QED) is 0.752. The number of hydrogen-bond acceptors (Lipinski definition) is 4. The fraction of sp³-hybridized carbons (Fsp3) is 0.364. The zero-order valence-electron chi connectivity index (χ0n) is 16.8. The summed E-state index contributed by atoms with van der Waals surface area (Å²) >= 11 is 8.08. The molecule has 0 bridgehead atoms. The first kappa shape index (κ1) is 20.9. The molecule has 2 saturated heterocycles. The van der Waals surface area contributed by atoms with Crippen LogP contribution in [0.15, 0.2) is 48.5 Å². The van der Waals surface area contributed by atoms with Gasteiger partial charge in [0, 0.05) is 31.1 Å². The SMILES string of the molecule is COc1ccc(NC(=O)N2CCC3(CC2)SCCN3C(=O)c2ccccc2Cl)cc1. The predicted octanol–water partition coefficient (Wildman–Crippen LogP) is 4.56. The number of anilines is 1. The van der Waals surface area contributed by atoms with E-state index in [9.17, 15) is 9.59 Å². The second-order valence-electron chi connectivity index (χ2n) is 7.38. The van der Waals surface area contributed by atoms with Gasteiger partial charge in [0.25, 0.3) is 5.91 Å². The normalized spacial score (nSPS) is 17.8. The summed E-state index contributed by atoms with van der Waals surface area (Å²) in [5, 5.41) is 3.41. The molecule has 4 rings (SSSR count). The lowest BCUT2D eigenvalue weighted by Crippen LogP contribution is -2.54. The molecule has 8 heteroatoms. The lowest BCUT2D eigenvalue weighted by molar-refractivity contribution is 0.0586. The Morgan fingerprint density at radius 3 is 2.43 bits per heavy atom. The number of benzene rings is 2. The Morgan fingerprint density at radius 1 is 1.07 bits per heavy atom. The number of amides is 3. The van der Waals surface area contributed by atoms with Crippen LogP contribution in [-0.4, -0.2) is 59.1 Å². The van der Waals surface area contributed by atoms with Crippen molar-refractivity contribution in [3.63, 3.8) is 0 Å². The first-order valence-electron chi connectivity index (χ1n) is 9.93. The maximum absolute atomic E-state index is 13.2. The molecular formula is C22H24ClN3O3S. The van der Waals surface area contributed by atoms with E-state index >= 15 is 0 Å². The standard InChI is InChI=1S/C22H24ClN3O3S/c1-29-17-8-6-16(7-9-17)24-21(28)25-12-10-22(11-13-25)26(14-15-30-22)20(27)18-4-2-3-5-19(18)23/h2-9H,10-15H2,1H3,(H,24,28). The number of likely N-dealkylation sites (tertiary alicyclic amines) is 1. The van der Waals surface area contributed by atoms with Crippen molar-refractivity contribution in [3.8, 4) is 5.75 Å². The van der Waals surface area contributed by atoms with E-state index in [1.807, 2.05) is 58.0 Å². The van der Waals surface area contributed by atoms with Gasteiger partial charge in [-0.05, 0) is 49.2 Å². The first-order chi connectivity index (χ1) is 14.5. The third-order valence-electron chi connectivity index (χ3n) is 5.70. The van der Waals surface area contributed by atoms with Crippen LogP contribution in [0.5, 0.6) is 5.75 Å². The summed E-state index contributed by atoms with van der Waals surface area (Å²) in [6.45, 7) is 1.90. The average molecular weight is 446 g/mol.